The van der Waals surface area contributed by atoms with Crippen LogP contribution in [0.15, 0.2) is 57.8 Å². The maximum atomic E-state index is 12.8. The Balaban J connectivity index is 1.22. The van der Waals surface area contributed by atoms with E-state index in [-0.39, 0.29) is 22.8 Å². The van der Waals surface area contributed by atoms with Crippen molar-refractivity contribution in [1.82, 2.24) is 10.2 Å². The Morgan fingerprint density at radius 3 is 2.77 bits per heavy atom. The summed E-state index contributed by atoms with van der Waals surface area (Å²) >= 11 is 0. The minimum atomic E-state index is -3.68. The number of sulfonamides is 1. The van der Waals surface area contributed by atoms with Gasteiger partial charge in [0, 0.05) is 18.7 Å². The quantitative estimate of drug-likeness (QED) is 0.780. The molecule has 0 aliphatic carbocycles. The third kappa shape index (κ3) is 3.85. The van der Waals surface area contributed by atoms with Gasteiger partial charge in [-0.3, -0.25) is 4.79 Å². The lowest BCUT2D eigenvalue weighted by Gasteiger charge is -2.34. The Morgan fingerprint density at radius 1 is 1.13 bits per heavy atom. The van der Waals surface area contributed by atoms with E-state index in [0.29, 0.717) is 49.1 Å². The van der Waals surface area contributed by atoms with Crippen molar-refractivity contribution in [2.45, 2.75) is 23.8 Å². The molecule has 2 aromatic rings. The normalized spacial score (nSPS) is 23.6. The third-order valence-electron chi connectivity index (χ3n) is 5.78. The fourth-order valence-corrected chi connectivity index (χ4v) is 5.45. The fraction of sp³-hybridized carbons (Fsp3) is 0.364. The lowest BCUT2D eigenvalue weighted by molar-refractivity contribution is -0.126. The highest BCUT2D eigenvalue weighted by Gasteiger charge is 2.35. The summed E-state index contributed by atoms with van der Waals surface area (Å²) in [5.74, 6) is 1.51. The molecule has 0 saturated carbocycles. The number of amidine groups is 1. The lowest BCUT2D eigenvalue weighted by atomic mass is 9.96. The van der Waals surface area contributed by atoms with Gasteiger partial charge in [-0.05, 0) is 37.1 Å². The molecule has 5 rings (SSSR count). The average Bonchev–Trinajstić information content (AvgIpc) is 3.08. The van der Waals surface area contributed by atoms with Crippen molar-refractivity contribution in [3.8, 4) is 11.5 Å². The summed E-state index contributed by atoms with van der Waals surface area (Å²) in [6.07, 6.45) is 1.28. The van der Waals surface area contributed by atoms with Gasteiger partial charge in [0.15, 0.2) is 17.3 Å². The SMILES string of the molecule is O=C(NCC1COc2ccccc2O1)C1CCCN(C2=NS(=O)(=O)c3ccccc32)C1. The number of hydrogen-bond donors (Lipinski definition) is 1. The largest absolute Gasteiger partial charge is 0.486 e. The van der Waals surface area contributed by atoms with Crippen molar-refractivity contribution in [3.63, 3.8) is 0 Å². The van der Waals surface area contributed by atoms with E-state index in [0.717, 1.165) is 12.8 Å². The van der Waals surface area contributed by atoms with Crippen LogP contribution in [-0.2, 0) is 14.8 Å². The van der Waals surface area contributed by atoms with Crippen LogP contribution in [0.1, 0.15) is 18.4 Å². The van der Waals surface area contributed by atoms with E-state index in [2.05, 4.69) is 9.71 Å². The maximum Gasteiger partial charge on any atom is 0.285 e. The number of ether oxygens (including phenoxy) is 2. The topological polar surface area (TPSA) is 97.3 Å². The van der Waals surface area contributed by atoms with Gasteiger partial charge in [0.05, 0.1) is 12.5 Å². The summed E-state index contributed by atoms with van der Waals surface area (Å²) in [7, 11) is -3.68. The van der Waals surface area contributed by atoms with E-state index < -0.39 is 10.0 Å². The molecule has 2 unspecified atom stereocenters. The van der Waals surface area contributed by atoms with E-state index in [1.165, 1.54) is 0 Å². The molecule has 1 fully saturated rings. The van der Waals surface area contributed by atoms with Crippen LogP contribution in [0.5, 0.6) is 11.5 Å². The van der Waals surface area contributed by atoms with Gasteiger partial charge in [-0.1, -0.05) is 24.3 Å². The third-order valence-corrected chi connectivity index (χ3v) is 7.10. The van der Waals surface area contributed by atoms with Gasteiger partial charge in [0.1, 0.15) is 17.6 Å². The average molecular weight is 442 g/mol. The number of rotatable bonds is 3. The molecule has 3 aliphatic rings. The van der Waals surface area contributed by atoms with Crippen LogP contribution in [0, 0.1) is 5.92 Å². The number of carbonyl (C=O) groups excluding carboxylic acids is 1. The van der Waals surface area contributed by atoms with Crippen LogP contribution in [0.2, 0.25) is 0 Å². The summed E-state index contributed by atoms with van der Waals surface area (Å²) in [4.78, 5) is 15.0. The number of nitrogens with zero attached hydrogens (tertiary/aromatic N) is 2. The minimum Gasteiger partial charge on any atom is -0.486 e. The first-order valence-electron chi connectivity index (χ1n) is 10.4. The van der Waals surface area contributed by atoms with Crippen molar-refractivity contribution in [1.29, 1.82) is 0 Å². The molecule has 31 heavy (non-hydrogen) atoms. The molecule has 1 amide bonds. The number of benzene rings is 2. The monoisotopic (exact) mass is 441 g/mol. The molecule has 2 aromatic carbocycles. The zero-order valence-electron chi connectivity index (χ0n) is 16.9. The van der Waals surface area contributed by atoms with Crippen LogP contribution in [0.4, 0.5) is 0 Å². The second-order valence-electron chi connectivity index (χ2n) is 7.91. The fourth-order valence-electron chi connectivity index (χ4n) is 4.22. The van der Waals surface area contributed by atoms with Crippen LogP contribution in [0.3, 0.4) is 0 Å². The van der Waals surface area contributed by atoms with Gasteiger partial charge in [-0.25, -0.2) is 0 Å². The smallest absolute Gasteiger partial charge is 0.285 e. The van der Waals surface area contributed by atoms with Crippen LogP contribution < -0.4 is 14.8 Å². The highest BCUT2D eigenvalue weighted by Crippen LogP contribution is 2.31. The number of para-hydroxylation sites is 2. The van der Waals surface area contributed by atoms with Crippen LogP contribution in [-0.4, -0.2) is 57.4 Å². The minimum absolute atomic E-state index is 0.0677. The van der Waals surface area contributed by atoms with Crippen LogP contribution in [0.25, 0.3) is 0 Å². The highest BCUT2D eigenvalue weighted by atomic mass is 32.2. The number of fused-ring (bicyclic) bond motifs is 2. The summed E-state index contributed by atoms with van der Waals surface area (Å²) in [5, 5.41) is 2.97. The number of piperidine rings is 1. The molecule has 1 N–H and O–H groups in total. The zero-order chi connectivity index (χ0) is 21.4. The Kier molecular flexibility index (Phi) is 5.05. The highest BCUT2D eigenvalue weighted by molar-refractivity contribution is 7.90. The number of carbonyl (C=O) groups is 1. The molecular formula is C22H23N3O5S. The maximum absolute atomic E-state index is 12.8. The van der Waals surface area contributed by atoms with Crippen molar-refractivity contribution in [2.24, 2.45) is 10.3 Å². The molecule has 162 valence electrons. The van der Waals surface area contributed by atoms with Gasteiger partial charge >= 0.3 is 0 Å². The zero-order valence-corrected chi connectivity index (χ0v) is 17.7. The van der Waals surface area contributed by atoms with Crippen LogP contribution >= 0.6 is 0 Å². The van der Waals surface area contributed by atoms with E-state index in [1.807, 2.05) is 29.2 Å². The predicted molar refractivity (Wildman–Crippen MR) is 114 cm³/mol. The Morgan fingerprint density at radius 2 is 1.90 bits per heavy atom. The van der Waals surface area contributed by atoms with Gasteiger partial charge in [0.2, 0.25) is 5.91 Å². The van der Waals surface area contributed by atoms with E-state index >= 15 is 0 Å². The van der Waals surface area contributed by atoms with Crippen molar-refractivity contribution in [3.05, 3.63) is 54.1 Å². The van der Waals surface area contributed by atoms with E-state index in [4.69, 9.17) is 9.47 Å². The summed E-state index contributed by atoms with van der Waals surface area (Å²) in [5.41, 5.74) is 0.606. The molecule has 9 heteroatoms. The molecule has 3 heterocycles. The summed E-state index contributed by atoms with van der Waals surface area (Å²) < 4.78 is 40.3. The second-order valence-corrected chi connectivity index (χ2v) is 9.49. The molecule has 0 radical (unpaired) electrons. The standard InChI is InChI=1S/C22H23N3O5S/c26-22(23-12-16-14-29-18-8-2-3-9-19(18)30-16)15-6-5-11-25(13-15)21-17-7-1-4-10-20(17)31(27,28)24-21/h1-4,7-10,15-16H,5-6,11-14H2,(H,23,26). The molecule has 1 saturated heterocycles. The van der Waals surface area contributed by atoms with Crippen molar-refractivity contribution >= 4 is 21.8 Å². The Bertz CT molecular complexity index is 1150. The number of amides is 1. The molecule has 3 aliphatic heterocycles. The molecule has 8 nitrogen and oxygen atoms in total. The van der Waals surface area contributed by atoms with Gasteiger partial charge in [-0.2, -0.15) is 8.42 Å². The molecular weight excluding hydrogens is 418 g/mol. The van der Waals surface area contributed by atoms with Gasteiger partial charge in [-0.15, -0.1) is 4.40 Å². The predicted octanol–water partition coefficient (Wildman–Crippen LogP) is 1.80. The summed E-state index contributed by atoms with van der Waals surface area (Å²) in [6.45, 7) is 1.82. The van der Waals surface area contributed by atoms with Crippen molar-refractivity contribution in [2.75, 3.05) is 26.2 Å². The Hall–Kier alpha value is -3.07. The first-order valence-corrected chi connectivity index (χ1v) is 11.8. The van der Waals surface area contributed by atoms with Gasteiger partial charge < -0.3 is 19.7 Å². The van der Waals surface area contributed by atoms with E-state index in [1.54, 1.807) is 24.3 Å². The lowest BCUT2D eigenvalue weighted by Crippen LogP contribution is -2.48. The molecule has 0 aromatic heterocycles. The first kappa shape index (κ1) is 19.9. The number of nitrogens with one attached hydrogen (secondary N) is 1. The van der Waals surface area contributed by atoms with Crippen molar-refractivity contribution < 1.29 is 22.7 Å². The number of likely N-dealkylation sites (tertiary alicyclic amines) is 1. The van der Waals surface area contributed by atoms with Gasteiger partial charge in [0.25, 0.3) is 10.0 Å². The van der Waals surface area contributed by atoms with E-state index in [9.17, 15) is 13.2 Å². The number of hydrogen-bond acceptors (Lipinski definition) is 6. The first-order chi connectivity index (χ1) is 15.0. The Labute approximate surface area is 180 Å². The molecule has 0 spiro atoms. The summed E-state index contributed by atoms with van der Waals surface area (Å²) in [6, 6.07) is 14.3. The molecule has 0 bridgehead atoms. The second kappa shape index (κ2) is 7.88. The molecule has 2 atom stereocenters.